The highest BCUT2D eigenvalue weighted by molar-refractivity contribution is 5.91. The second kappa shape index (κ2) is 6.17. The van der Waals surface area contributed by atoms with Crippen LogP contribution in [0.5, 0.6) is 0 Å². The smallest absolute Gasteiger partial charge is 0.162 e. The summed E-state index contributed by atoms with van der Waals surface area (Å²) in [6, 6.07) is 12.1. The van der Waals surface area contributed by atoms with Crippen LogP contribution in [0.4, 0.5) is 5.82 Å². The molecule has 0 radical (unpaired) electrons. The van der Waals surface area contributed by atoms with Gasteiger partial charge in [0, 0.05) is 36.4 Å². The number of morpholine rings is 1. The van der Waals surface area contributed by atoms with Crippen LogP contribution in [0.1, 0.15) is 13.8 Å². The molecule has 122 valence electrons. The number of benzene rings is 1. The van der Waals surface area contributed by atoms with E-state index >= 15 is 0 Å². The number of anilines is 1. The summed E-state index contributed by atoms with van der Waals surface area (Å²) >= 11 is 0. The highest BCUT2D eigenvalue weighted by Gasteiger charge is 2.25. The summed E-state index contributed by atoms with van der Waals surface area (Å²) < 4.78 is 5.87. The molecule has 0 aliphatic carbocycles. The third-order valence-corrected chi connectivity index (χ3v) is 4.24. The molecule has 1 aliphatic heterocycles. The summed E-state index contributed by atoms with van der Waals surface area (Å²) in [4.78, 5) is 16.0. The van der Waals surface area contributed by atoms with Crippen LogP contribution < -0.4 is 4.90 Å². The summed E-state index contributed by atoms with van der Waals surface area (Å²) in [5.41, 5.74) is 1.94. The lowest BCUT2D eigenvalue weighted by Gasteiger charge is -2.36. The van der Waals surface area contributed by atoms with E-state index in [1.807, 2.05) is 30.3 Å². The summed E-state index contributed by atoms with van der Waals surface area (Å²) in [5, 5.41) is 1.08. The van der Waals surface area contributed by atoms with Crippen LogP contribution in [0.15, 0.2) is 48.8 Å². The Balaban J connectivity index is 1.87. The minimum atomic E-state index is 0.187. The van der Waals surface area contributed by atoms with Crippen molar-refractivity contribution in [3.63, 3.8) is 0 Å². The molecular weight excluding hydrogens is 300 g/mol. The molecule has 24 heavy (non-hydrogen) atoms. The average Bonchev–Trinajstić information content (AvgIpc) is 2.60. The molecule has 3 heterocycles. The Morgan fingerprint density at radius 1 is 0.958 bits per heavy atom. The van der Waals surface area contributed by atoms with Crippen molar-refractivity contribution in [2.45, 2.75) is 26.1 Å². The molecule has 0 unspecified atom stereocenters. The number of hydrogen-bond acceptors (Lipinski definition) is 5. The third-order valence-electron chi connectivity index (χ3n) is 4.24. The van der Waals surface area contributed by atoms with Gasteiger partial charge < -0.3 is 9.64 Å². The Hall–Kier alpha value is -2.53. The minimum Gasteiger partial charge on any atom is -0.372 e. The fourth-order valence-corrected chi connectivity index (χ4v) is 3.28. The lowest BCUT2D eigenvalue weighted by atomic mass is 10.1. The normalized spacial score (nSPS) is 21.2. The van der Waals surface area contributed by atoms with Gasteiger partial charge in [0.15, 0.2) is 5.82 Å². The maximum absolute atomic E-state index is 5.87. The molecule has 1 fully saturated rings. The molecule has 1 aromatic carbocycles. The van der Waals surface area contributed by atoms with Gasteiger partial charge in [0.05, 0.1) is 17.7 Å². The van der Waals surface area contributed by atoms with E-state index in [0.717, 1.165) is 41.2 Å². The van der Waals surface area contributed by atoms with Gasteiger partial charge in [-0.05, 0) is 38.1 Å². The minimum absolute atomic E-state index is 0.187. The first kappa shape index (κ1) is 15.0. The predicted octanol–water partition coefficient (Wildman–Crippen LogP) is 3.31. The number of aromatic nitrogens is 3. The number of rotatable bonds is 2. The Morgan fingerprint density at radius 2 is 1.67 bits per heavy atom. The quantitative estimate of drug-likeness (QED) is 0.725. The summed E-state index contributed by atoms with van der Waals surface area (Å²) in [6.45, 7) is 5.88. The maximum atomic E-state index is 5.87. The highest BCUT2D eigenvalue weighted by atomic mass is 16.5. The molecule has 2 aromatic heterocycles. The third kappa shape index (κ3) is 2.83. The molecule has 1 aliphatic rings. The fraction of sp³-hybridized carbons (Fsp3) is 0.316. The van der Waals surface area contributed by atoms with Crippen molar-refractivity contribution in [1.29, 1.82) is 0 Å². The lowest BCUT2D eigenvalue weighted by Crippen LogP contribution is -2.46. The Kier molecular flexibility index (Phi) is 3.86. The van der Waals surface area contributed by atoms with Crippen LogP contribution in [0.25, 0.3) is 22.3 Å². The Bertz CT molecular complexity index is 842. The van der Waals surface area contributed by atoms with Gasteiger partial charge in [-0.1, -0.05) is 12.1 Å². The molecule has 5 nitrogen and oxygen atoms in total. The van der Waals surface area contributed by atoms with Crippen molar-refractivity contribution >= 4 is 16.7 Å². The first-order chi connectivity index (χ1) is 11.7. The van der Waals surface area contributed by atoms with Gasteiger partial charge in [0.2, 0.25) is 0 Å². The van der Waals surface area contributed by atoms with Crippen molar-refractivity contribution in [3.8, 4) is 11.4 Å². The second-order valence-corrected chi connectivity index (χ2v) is 6.29. The molecular formula is C19H20N4O. The van der Waals surface area contributed by atoms with E-state index in [9.17, 15) is 0 Å². The molecule has 0 amide bonds. The first-order valence-electron chi connectivity index (χ1n) is 8.28. The van der Waals surface area contributed by atoms with E-state index in [0.29, 0.717) is 0 Å². The molecule has 1 saturated heterocycles. The van der Waals surface area contributed by atoms with Crippen LogP contribution in [-0.4, -0.2) is 40.2 Å². The fourth-order valence-electron chi connectivity index (χ4n) is 3.28. The van der Waals surface area contributed by atoms with Crippen molar-refractivity contribution in [1.82, 2.24) is 15.0 Å². The monoisotopic (exact) mass is 320 g/mol. The predicted molar refractivity (Wildman–Crippen MR) is 95.0 cm³/mol. The topological polar surface area (TPSA) is 51.1 Å². The van der Waals surface area contributed by atoms with Crippen LogP contribution >= 0.6 is 0 Å². The van der Waals surface area contributed by atoms with Crippen LogP contribution in [0.2, 0.25) is 0 Å². The van der Waals surface area contributed by atoms with E-state index < -0.39 is 0 Å². The van der Waals surface area contributed by atoms with Crippen molar-refractivity contribution in [2.75, 3.05) is 18.0 Å². The van der Waals surface area contributed by atoms with Gasteiger partial charge in [-0.2, -0.15) is 0 Å². The second-order valence-electron chi connectivity index (χ2n) is 6.29. The van der Waals surface area contributed by atoms with E-state index in [4.69, 9.17) is 14.7 Å². The highest BCUT2D eigenvalue weighted by Crippen LogP contribution is 2.29. The van der Waals surface area contributed by atoms with Crippen LogP contribution in [0, 0.1) is 0 Å². The number of nitrogens with zero attached hydrogens (tertiary/aromatic N) is 4. The summed E-state index contributed by atoms with van der Waals surface area (Å²) in [6.07, 6.45) is 3.91. The summed E-state index contributed by atoms with van der Waals surface area (Å²) in [5.74, 6) is 1.72. The maximum Gasteiger partial charge on any atom is 0.162 e. The first-order valence-corrected chi connectivity index (χ1v) is 8.28. The molecule has 0 N–H and O–H groups in total. The molecule has 4 rings (SSSR count). The number of hydrogen-bond donors (Lipinski definition) is 0. The number of para-hydroxylation sites is 1. The molecule has 0 saturated carbocycles. The lowest BCUT2D eigenvalue weighted by molar-refractivity contribution is -0.00536. The van der Waals surface area contributed by atoms with Gasteiger partial charge in [-0.25, -0.2) is 9.97 Å². The zero-order valence-corrected chi connectivity index (χ0v) is 13.9. The molecule has 2 atom stereocenters. The van der Waals surface area contributed by atoms with E-state index in [-0.39, 0.29) is 12.2 Å². The standard InChI is InChI=1S/C19H20N4O/c1-13-11-23(12-14(2)24-13)19-16-5-3-4-6-17(16)21-18(22-19)15-7-9-20-10-8-15/h3-10,13-14H,11-12H2,1-2H3/t13-,14-/m1/s1. The molecule has 5 heteroatoms. The molecule has 3 aromatic rings. The van der Waals surface area contributed by atoms with Crippen LogP contribution in [0.3, 0.4) is 0 Å². The zero-order chi connectivity index (χ0) is 16.5. The average molecular weight is 320 g/mol. The van der Waals surface area contributed by atoms with E-state index in [1.54, 1.807) is 12.4 Å². The Morgan fingerprint density at radius 3 is 2.42 bits per heavy atom. The Labute approximate surface area is 141 Å². The van der Waals surface area contributed by atoms with Gasteiger partial charge >= 0.3 is 0 Å². The molecule has 0 spiro atoms. The number of ether oxygens (including phenoxy) is 1. The zero-order valence-electron chi connectivity index (χ0n) is 13.9. The van der Waals surface area contributed by atoms with Crippen molar-refractivity contribution in [3.05, 3.63) is 48.8 Å². The largest absolute Gasteiger partial charge is 0.372 e. The number of pyridine rings is 1. The van der Waals surface area contributed by atoms with Crippen molar-refractivity contribution in [2.24, 2.45) is 0 Å². The van der Waals surface area contributed by atoms with Gasteiger partial charge in [0.25, 0.3) is 0 Å². The SMILES string of the molecule is C[C@@H]1CN(c2nc(-c3ccncc3)nc3ccccc23)C[C@@H](C)O1. The van der Waals surface area contributed by atoms with Gasteiger partial charge in [-0.15, -0.1) is 0 Å². The van der Waals surface area contributed by atoms with Gasteiger partial charge in [-0.3, -0.25) is 4.98 Å². The molecule has 0 bridgehead atoms. The van der Waals surface area contributed by atoms with E-state index in [2.05, 4.69) is 29.8 Å². The van der Waals surface area contributed by atoms with E-state index in [1.165, 1.54) is 0 Å². The van der Waals surface area contributed by atoms with Crippen molar-refractivity contribution < 1.29 is 4.74 Å². The van der Waals surface area contributed by atoms with Crippen LogP contribution in [-0.2, 0) is 4.74 Å². The summed E-state index contributed by atoms with van der Waals surface area (Å²) in [7, 11) is 0. The number of fused-ring (bicyclic) bond motifs is 1. The van der Waals surface area contributed by atoms with Gasteiger partial charge in [0.1, 0.15) is 5.82 Å².